The molecule has 0 amide bonds. The molecule has 0 aliphatic heterocycles. The summed E-state index contributed by atoms with van der Waals surface area (Å²) in [5.41, 5.74) is -1.16. The molecular weight excluding hydrogens is 266 g/mol. The van der Waals surface area contributed by atoms with Crippen LogP contribution in [0.15, 0.2) is 18.3 Å². The molecule has 98 valence electrons. The van der Waals surface area contributed by atoms with Crippen LogP contribution in [0.3, 0.4) is 0 Å². The van der Waals surface area contributed by atoms with Gasteiger partial charge in [-0.05, 0) is 26.0 Å². The van der Waals surface area contributed by atoms with Gasteiger partial charge >= 0.3 is 5.97 Å². The van der Waals surface area contributed by atoms with E-state index >= 15 is 0 Å². The van der Waals surface area contributed by atoms with Gasteiger partial charge in [-0.2, -0.15) is 10.5 Å². The van der Waals surface area contributed by atoms with Crippen LogP contribution < -0.4 is 0 Å². The number of hydrogen-bond donors (Lipinski definition) is 0. The van der Waals surface area contributed by atoms with Crippen LogP contribution in [-0.2, 0) is 14.9 Å². The molecule has 0 aliphatic carbocycles. The van der Waals surface area contributed by atoms with Crippen molar-refractivity contribution in [2.75, 3.05) is 6.61 Å². The predicted octanol–water partition coefficient (Wildman–Crippen LogP) is 2.22. The van der Waals surface area contributed by atoms with Crippen LogP contribution >= 0.6 is 11.6 Å². The molecule has 1 heterocycles. The lowest BCUT2D eigenvalue weighted by molar-refractivity contribution is -0.150. The minimum atomic E-state index is -1.44. The summed E-state index contributed by atoms with van der Waals surface area (Å²) in [5, 5.41) is 18.5. The number of aromatic nitrogens is 1. The van der Waals surface area contributed by atoms with Crippen molar-refractivity contribution in [1.82, 2.24) is 4.98 Å². The van der Waals surface area contributed by atoms with Gasteiger partial charge in [0.05, 0.1) is 29.5 Å². The molecule has 0 unspecified atom stereocenters. The summed E-state index contributed by atoms with van der Waals surface area (Å²) in [4.78, 5) is 16.1. The molecule has 0 spiro atoms. The number of esters is 1. The highest BCUT2D eigenvalue weighted by atomic mass is 35.5. The first-order valence-corrected chi connectivity index (χ1v) is 5.97. The third-order valence-electron chi connectivity index (χ3n) is 2.79. The number of carbonyl (C=O) groups excluding carboxylic acids is 1. The van der Waals surface area contributed by atoms with Gasteiger partial charge in [0, 0.05) is 6.20 Å². The molecule has 1 atom stereocenters. The number of carbonyl (C=O) groups is 1. The van der Waals surface area contributed by atoms with Gasteiger partial charge in [-0.3, -0.25) is 9.78 Å². The van der Waals surface area contributed by atoms with Crippen LogP contribution in [0.1, 0.15) is 19.5 Å². The van der Waals surface area contributed by atoms with E-state index in [1.807, 2.05) is 12.1 Å². The van der Waals surface area contributed by atoms with Gasteiger partial charge in [0.15, 0.2) is 5.92 Å². The summed E-state index contributed by atoms with van der Waals surface area (Å²) in [7, 11) is 0. The Morgan fingerprint density at radius 2 is 2.16 bits per heavy atom. The first-order valence-electron chi connectivity index (χ1n) is 5.59. The van der Waals surface area contributed by atoms with E-state index in [1.165, 1.54) is 19.2 Å². The maximum Gasteiger partial charge on any atom is 0.320 e. The summed E-state index contributed by atoms with van der Waals surface area (Å²) < 4.78 is 4.96. The molecule has 0 radical (unpaired) electrons. The second kappa shape index (κ2) is 6.17. The number of nitrogens with zero attached hydrogens (tertiary/aromatic N) is 3. The second-order valence-corrected chi connectivity index (χ2v) is 4.41. The molecule has 6 heteroatoms. The Bertz CT molecular complexity index is 530. The van der Waals surface area contributed by atoms with Gasteiger partial charge in [-0.25, -0.2) is 0 Å². The van der Waals surface area contributed by atoms with Gasteiger partial charge < -0.3 is 4.74 Å². The van der Waals surface area contributed by atoms with Crippen molar-refractivity contribution in [2.24, 2.45) is 5.92 Å². The lowest BCUT2D eigenvalue weighted by Gasteiger charge is -2.27. The van der Waals surface area contributed by atoms with E-state index in [0.717, 1.165) is 0 Å². The Morgan fingerprint density at radius 3 is 2.58 bits per heavy atom. The van der Waals surface area contributed by atoms with Crippen LogP contribution in [0, 0.1) is 28.6 Å². The second-order valence-electron chi connectivity index (χ2n) is 3.98. The number of halogens is 1. The number of pyridine rings is 1. The van der Waals surface area contributed by atoms with E-state index in [1.54, 1.807) is 13.0 Å². The normalized spacial score (nSPS) is 13.2. The number of nitriles is 2. The quantitative estimate of drug-likeness (QED) is 0.788. The molecule has 1 rings (SSSR count). The van der Waals surface area contributed by atoms with E-state index in [9.17, 15) is 4.79 Å². The fraction of sp³-hybridized carbons (Fsp3) is 0.385. The predicted molar refractivity (Wildman–Crippen MR) is 67.9 cm³/mol. The van der Waals surface area contributed by atoms with Gasteiger partial charge in [-0.1, -0.05) is 11.6 Å². The maximum absolute atomic E-state index is 12.1. The lowest BCUT2D eigenvalue weighted by Crippen LogP contribution is -2.41. The van der Waals surface area contributed by atoms with E-state index in [0.29, 0.717) is 5.02 Å². The molecule has 0 aliphatic rings. The minimum Gasteiger partial charge on any atom is -0.465 e. The van der Waals surface area contributed by atoms with Gasteiger partial charge in [0.25, 0.3) is 0 Å². The first-order chi connectivity index (χ1) is 9.00. The topological polar surface area (TPSA) is 86.8 Å². The van der Waals surface area contributed by atoms with E-state index < -0.39 is 17.3 Å². The maximum atomic E-state index is 12.1. The van der Waals surface area contributed by atoms with Crippen LogP contribution in [0.25, 0.3) is 0 Å². The Hall–Kier alpha value is -2.11. The highest BCUT2D eigenvalue weighted by Gasteiger charge is 2.46. The third kappa shape index (κ3) is 2.83. The summed E-state index contributed by atoms with van der Waals surface area (Å²) in [6, 6.07) is 6.68. The lowest BCUT2D eigenvalue weighted by atomic mass is 9.75. The molecule has 1 aromatic rings. The summed E-state index contributed by atoms with van der Waals surface area (Å²) in [6.45, 7) is 3.28. The standard InChI is InChI=1S/C13H12ClN3O2/c1-3-19-12(18)13(2,9(6-15)7-16)11-5-4-10(14)8-17-11/h4-5,8-9H,3H2,1-2H3/t13-/m1/s1. The zero-order chi connectivity index (χ0) is 14.5. The molecule has 0 fully saturated rings. The molecule has 0 saturated carbocycles. The van der Waals surface area contributed by atoms with Crippen molar-refractivity contribution in [3.8, 4) is 12.1 Å². The van der Waals surface area contributed by atoms with Crippen molar-refractivity contribution in [2.45, 2.75) is 19.3 Å². The number of rotatable bonds is 4. The Labute approximate surface area is 116 Å². The van der Waals surface area contributed by atoms with Crippen molar-refractivity contribution >= 4 is 17.6 Å². The third-order valence-corrected chi connectivity index (χ3v) is 3.02. The summed E-state index contributed by atoms with van der Waals surface area (Å²) >= 11 is 5.74. The first kappa shape index (κ1) is 14.9. The molecule has 0 aromatic carbocycles. The van der Waals surface area contributed by atoms with E-state index in [2.05, 4.69) is 4.98 Å². The molecule has 19 heavy (non-hydrogen) atoms. The van der Waals surface area contributed by atoms with Gasteiger partial charge in [0.2, 0.25) is 0 Å². The van der Waals surface area contributed by atoms with Crippen molar-refractivity contribution < 1.29 is 9.53 Å². The average Bonchev–Trinajstić information content (AvgIpc) is 2.40. The smallest absolute Gasteiger partial charge is 0.320 e. The molecule has 0 bridgehead atoms. The van der Waals surface area contributed by atoms with Crippen molar-refractivity contribution in [1.29, 1.82) is 10.5 Å². The van der Waals surface area contributed by atoms with Crippen LogP contribution in [-0.4, -0.2) is 17.6 Å². The summed E-state index contributed by atoms with van der Waals surface area (Å²) in [5.74, 6) is -1.85. The molecule has 1 aromatic heterocycles. The fourth-order valence-electron chi connectivity index (χ4n) is 1.62. The van der Waals surface area contributed by atoms with Crippen LogP contribution in [0.2, 0.25) is 5.02 Å². The molecular formula is C13H12ClN3O2. The van der Waals surface area contributed by atoms with E-state index in [4.69, 9.17) is 26.9 Å². The monoisotopic (exact) mass is 277 g/mol. The highest BCUT2D eigenvalue weighted by molar-refractivity contribution is 6.30. The Balaban J connectivity index is 3.35. The molecule has 0 saturated heterocycles. The SMILES string of the molecule is CCOC(=O)[C@@](C)(c1ccc(Cl)cn1)C(C#N)C#N. The van der Waals surface area contributed by atoms with Crippen molar-refractivity contribution in [3.63, 3.8) is 0 Å². The number of hydrogen-bond acceptors (Lipinski definition) is 5. The van der Waals surface area contributed by atoms with Crippen molar-refractivity contribution in [3.05, 3.63) is 29.0 Å². The minimum absolute atomic E-state index is 0.158. The summed E-state index contributed by atoms with van der Waals surface area (Å²) in [6.07, 6.45) is 1.36. The fourth-order valence-corrected chi connectivity index (χ4v) is 1.73. The van der Waals surface area contributed by atoms with Gasteiger partial charge in [0.1, 0.15) is 5.41 Å². The van der Waals surface area contributed by atoms with Crippen LogP contribution in [0.4, 0.5) is 0 Å². The molecule has 5 nitrogen and oxygen atoms in total. The number of ether oxygens (including phenoxy) is 1. The van der Waals surface area contributed by atoms with E-state index in [-0.39, 0.29) is 12.3 Å². The highest BCUT2D eigenvalue weighted by Crippen LogP contribution is 2.32. The largest absolute Gasteiger partial charge is 0.465 e. The zero-order valence-electron chi connectivity index (χ0n) is 10.6. The van der Waals surface area contributed by atoms with Crippen LogP contribution in [0.5, 0.6) is 0 Å². The average molecular weight is 278 g/mol. The Kier molecular flexibility index (Phi) is 4.86. The zero-order valence-corrected chi connectivity index (χ0v) is 11.3. The van der Waals surface area contributed by atoms with Gasteiger partial charge in [-0.15, -0.1) is 0 Å². The molecule has 0 N–H and O–H groups in total. The Morgan fingerprint density at radius 1 is 1.53 bits per heavy atom.